The highest BCUT2D eigenvalue weighted by Crippen LogP contribution is 2.26. The minimum absolute atomic E-state index is 0.0519. The normalized spacial score (nSPS) is 21.4. The molecule has 5 nitrogen and oxygen atoms in total. The summed E-state index contributed by atoms with van der Waals surface area (Å²) in [4.78, 5) is 26.5. The summed E-state index contributed by atoms with van der Waals surface area (Å²) in [5.74, 6) is -0.271. The predicted octanol–water partition coefficient (Wildman–Crippen LogP) is 1.81. The van der Waals surface area contributed by atoms with Crippen LogP contribution in [-0.2, 0) is 4.79 Å². The smallest absolute Gasteiger partial charge is 0.256 e. The van der Waals surface area contributed by atoms with Crippen LogP contribution in [0.25, 0.3) is 0 Å². The molecule has 1 atom stereocenters. The van der Waals surface area contributed by atoms with Crippen molar-refractivity contribution < 1.29 is 9.59 Å². The maximum atomic E-state index is 12.6. The number of nitrogens with zero attached hydrogens (tertiary/aromatic N) is 1. The van der Waals surface area contributed by atoms with Crippen molar-refractivity contribution in [3.8, 4) is 0 Å². The molecule has 2 aliphatic rings. The lowest BCUT2D eigenvalue weighted by atomic mass is 10.1. The minimum Gasteiger partial charge on any atom is -0.398 e. The molecule has 21 heavy (non-hydrogen) atoms. The van der Waals surface area contributed by atoms with Crippen LogP contribution < -0.4 is 11.1 Å². The van der Waals surface area contributed by atoms with Crippen LogP contribution in [0, 0.1) is 0 Å². The maximum absolute atomic E-state index is 12.6. The van der Waals surface area contributed by atoms with Crippen molar-refractivity contribution in [2.24, 2.45) is 0 Å². The number of likely N-dealkylation sites (tertiary alicyclic amines) is 1. The van der Waals surface area contributed by atoms with Gasteiger partial charge in [0.25, 0.3) is 5.91 Å². The third-order valence-corrected chi connectivity index (χ3v) is 4.22. The Bertz CT molecular complexity index is 586. The van der Waals surface area contributed by atoms with E-state index in [0.29, 0.717) is 35.3 Å². The number of nitrogens with one attached hydrogen (secondary N) is 1. The molecule has 0 aromatic heterocycles. The van der Waals surface area contributed by atoms with Crippen LogP contribution in [0.15, 0.2) is 18.2 Å². The van der Waals surface area contributed by atoms with Gasteiger partial charge in [-0.2, -0.15) is 0 Å². The van der Waals surface area contributed by atoms with E-state index >= 15 is 0 Å². The zero-order valence-electron chi connectivity index (χ0n) is 11.6. The molecular formula is C15H18ClN3O2. The molecule has 2 amide bonds. The van der Waals surface area contributed by atoms with Crippen LogP contribution in [-0.4, -0.2) is 35.3 Å². The van der Waals surface area contributed by atoms with Crippen molar-refractivity contribution in [1.29, 1.82) is 0 Å². The van der Waals surface area contributed by atoms with Crippen molar-refractivity contribution in [2.75, 3.05) is 12.3 Å². The van der Waals surface area contributed by atoms with Gasteiger partial charge in [-0.15, -0.1) is 0 Å². The van der Waals surface area contributed by atoms with Gasteiger partial charge in [0.2, 0.25) is 5.91 Å². The Labute approximate surface area is 128 Å². The van der Waals surface area contributed by atoms with Gasteiger partial charge in [0.1, 0.15) is 6.04 Å². The molecule has 3 N–H and O–H groups in total. The van der Waals surface area contributed by atoms with E-state index < -0.39 is 6.04 Å². The second-order valence-electron chi connectivity index (χ2n) is 5.67. The molecule has 1 aromatic carbocycles. The first-order valence-corrected chi connectivity index (χ1v) is 7.60. The highest BCUT2D eigenvalue weighted by molar-refractivity contribution is 6.31. The molecule has 6 heteroatoms. The molecule has 0 spiro atoms. The molecule has 1 aromatic rings. The first-order valence-electron chi connectivity index (χ1n) is 7.22. The second-order valence-corrected chi connectivity index (χ2v) is 6.11. The summed E-state index contributed by atoms with van der Waals surface area (Å²) in [6.45, 7) is 0.577. The fraction of sp³-hybridized carbons (Fsp3) is 0.467. The standard InChI is InChI=1S/C15H18ClN3O2/c16-9-3-6-12(17)11(8-9)15(21)19-7-1-2-13(19)14(20)18-10-4-5-10/h3,6,8,10,13H,1-2,4-5,7,17H2,(H,18,20). The lowest BCUT2D eigenvalue weighted by Crippen LogP contribution is -2.46. The van der Waals surface area contributed by atoms with E-state index in [1.165, 1.54) is 0 Å². The van der Waals surface area contributed by atoms with Crippen molar-refractivity contribution in [3.05, 3.63) is 28.8 Å². The van der Waals surface area contributed by atoms with Gasteiger partial charge in [0.15, 0.2) is 0 Å². The number of nitrogens with two attached hydrogens (primary N) is 1. The van der Waals surface area contributed by atoms with Gasteiger partial charge in [0, 0.05) is 23.3 Å². The number of halogens is 1. The Kier molecular flexibility index (Phi) is 3.76. The fourth-order valence-electron chi connectivity index (χ4n) is 2.68. The highest BCUT2D eigenvalue weighted by atomic mass is 35.5. The van der Waals surface area contributed by atoms with Gasteiger partial charge in [-0.05, 0) is 43.9 Å². The zero-order valence-corrected chi connectivity index (χ0v) is 12.4. The van der Waals surface area contributed by atoms with E-state index in [1.807, 2.05) is 0 Å². The number of hydrogen-bond acceptors (Lipinski definition) is 3. The number of nitrogen functional groups attached to an aromatic ring is 1. The van der Waals surface area contributed by atoms with Crippen LogP contribution in [0.4, 0.5) is 5.69 Å². The number of carbonyl (C=O) groups excluding carboxylic acids is 2. The molecule has 1 aliphatic carbocycles. The van der Waals surface area contributed by atoms with Crippen LogP contribution >= 0.6 is 11.6 Å². The Morgan fingerprint density at radius 1 is 1.29 bits per heavy atom. The van der Waals surface area contributed by atoms with Gasteiger partial charge in [-0.3, -0.25) is 9.59 Å². The largest absolute Gasteiger partial charge is 0.398 e. The Balaban J connectivity index is 1.78. The zero-order chi connectivity index (χ0) is 15.0. The summed E-state index contributed by atoms with van der Waals surface area (Å²) in [5.41, 5.74) is 6.62. The molecule has 3 rings (SSSR count). The third kappa shape index (κ3) is 2.97. The summed E-state index contributed by atoms with van der Waals surface area (Å²) in [6.07, 6.45) is 3.60. The van der Waals surface area contributed by atoms with E-state index in [2.05, 4.69) is 5.32 Å². The lowest BCUT2D eigenvalue weighted by Gasteiger charge is -2.24. The molecule has 1 heterocycles. The molecule has 112 valence electrons. The molecule has 1 saturated heterocycles. The summed E-state index contributed by atoms with van der Waals surface area (Å²) in [6, 6.07) is 4.73. The van der Waals surface area contributed by atoms with E-state index in [9.17, 15) is 9.59 Å². The average molecular weight is 308 g/mol. The molecule has 2 fully saturated rings. The van der Waals surface area contributed by atoms with E-state index in [-0.39, 0.29) is 11.8 Å². The van der Waals surface area contributed by atoms with Crippen LogP contribution in [0.1, 0.15) is 36.0 Å². The van der Waals surface area contributed by atoms with Crippen molar-refractivity contribution in [2.45, 2.75) is 37.8 Å². The van der Waals surface area contributed by atoms with E-state index in [1.54, 1.807) is 23.1 Å². The first-order chi connectivity index (χ1) is 10.1. The number of anilines is 1. The van der Waals surface area contributed by atoms with Crippen molar-refractivity contribution >= 4 is 29.1 Å². The predicted molar refractivity (Wildman–Crippen MR) is 81.1 cm³/mol. The minimum atomic E-state index is -0.392. The van der Waals surface area contributed by atoms with Gasteiger partial charge in [-0.1, -0.05) is 11.6 Å². The van der Waals surface area contributed by atoms with Gasteiger partial charge < -0.3 is 16.0 Å². The van der Waals surface area contributed by atoms with Gasteiger partial charge >= 0.3 is 0 Å². The van der Waals surface area contributed by atoms with Crippen LogP contribution in [0.2, 0.25) is 5.02 Å². The summed E-state index contributed by atoms with van der Waals surface area (Å²) in [5, 5.41) is 3.43. The van der Waals surface area contributed by atoms with Crippen molar-refractivity contribution in [3.63, 3.8) is 0 Å². The monoisotopic (exact) mass is 307 g/mol. The molecule has 0 bridgehead atoms. The van der Waals surface area contributed by atoms with Crippen LogP contribution in [0.5, 0.6) is 0 Å². The summed E-state index contributed by atoms with van der Waals surface area (Å²) >= 11 is 5.94. The molecule has 0 radical (unpaired) electrons. The van der Waals surface area contributed by atoms with Gasteiger partial charge in [0.05, 0.1) is 5.56 Å². The van der Waals surface area contributed by atoms with E-state index in [4.69, 9.17) is 17.3 Å². The first kappa shape index (κ1) is 14.2. The number of rotatable bonds is 3. The van der Waals surface area contributed by atoms with Crippen molar-refractivity contribution in [1.82, 2.24) is 10.2 Å². The molecular weight excluding hydrogens is 290 g/mol. The Morgan fingerprint density at radius 3 is 2.76 bits per heavy atom. The molecule has 1 aliphatic heterocycles. The lowest BCUT2D eigenvalue weighted by molar-refractivity contribution is -0.125. The summed E-state index contributed by atoms with van der Waals surface area (Å²) < 4.78 is 0. The van der Waals surface area contributed by atoms with Crippen LogP contribution in [0.3, 0.4) is 0 Å². The number of hydrogen-bond donors (Lipinski definition) is 2. The average Bonchev–Trinajstić information content (AvgIpc) is 3.13. The third-order valence-electron chi connectivity index (χ3n) is 3.99. The Hall–Kier alpha value is -1.75. The molecule has 1 saturated carbocycles. The number of carbonyl (C=O) groups is 2. The molecule has 1 unspecified atom stereocenters. The highest BCUT2D eigenvalue weighted by Gasteiger charge is 2.37. The number of benzene rings is 1. The number of amides is 2. The fourth-order valence-corrected chi connectivity index (χ4v) is 2.85. The quantitative estimate of drug-likeness (QED) is 0.836. The Morgan fingerprint density at radius 2 is 2.05 bits per heavy atom. The maximum Gasteiger partial charge on any atom is 0.256 e. The van der Waals surface area contributed by atoms with E-state index in [0.717, 1.165) is 19.3 Å². The summed E-state index contributed by atoms with van der Waals surface area (Å²) in [7, 11) is 0. The van der Waals surface area contributed by atoms with Gasteiger partial charge in [-0.25, -0.2) is 0 Å². The second kappa shape index (κ2) is 5.56. The topological polar surface area (TPSA) is 75.4 Å². The SMILES string of the molecule is Nc1ccc(Cl)cc1C(=O)N1CCCC1C(=O)NC1CC1.